The highest BCUT2D eigenvalue weighted by atomic mass is 79.9. The quantitative estimate of drug-likeness (QED) is 0.836. The second-order valence-corrected chi connectivity index (χ2v) is 7.63. The summed E-state index contributed by atoms with van der Waals surface area (Å²) in [5, 5.41) is 0. The molecular weight excluding hydrogens is 316 g/mol. The summed E-state index contributed by atoms with van der Waals surface area (Å²) in [5.41, 5.74) is 0. The average Bonchev–Trinajstić information content (AvgIpc) is 2.54. The van der Waals surface area contributed by atoms with E-state index in [1.165, 1.54) is 6.20 Å². The van der Waals surface area contributed by atoms with Gasteiger partial charge in [-0.05, 0) is 47.2 Å². The van der Waals surface area contributed by atoms with Crippen molar-refractivity contribution in [3.8, 4) is 0 Å². The van der Waals surface area contributed by atoms with Crippen LogP contribution in [-0.2, 0) is 10.0 Å². The van der Waals surface area contributed by atoms with E-state index in [0.717, 1.165) is 19.3 Å². The lowest BCUT2D eigenvalue weighted by Gasteiger charge is -2.19. The van der Waals surface area contributed by atoms with Crippen LogP contribution in [0.15, 0.2) is 27.8 Å². The molecule has 0 aliphatic carbocycles. The van der Waals surface area contributed by atoms with E-state index in [1.807, 2.05) is 0 Å². The molecule has 0 radical (unpaired) electrons. The molecule has 18 heavy (non-hydrogen) atoms. The smallest absolute Gasteiger partial charge is 0.244 e. The van der Waals surface area contributed by atoms with Crippen LogP contribution in [0.1, 0.15) is 26.2 Å². The highest BCUT2D eigenvalue weighted by Crippen LogP contribution is 2.23. The van der Waals surface area contributed by atoms with Gasteiger partial charge in [0.1, 0.15) is 4.90 Å². The van der Waals surface area contributed by atoms with Crippen LogP contribution in [0.5, 0.6) is 0 Å². The topological polar surface area (TPSA) is 50.3 Å². The summed E-state index contributed by atoms with van der Waals surface area (Å²) < 4.78 is 27.2. The Kier molecular flexibility index (Phi) is 4.40. The fourth-order valence-electron chi connectivity index (χ4n) is 2.16. The SMILES string of the molecule is C[C@@H]1CCCN(S(=O)(=O)c2cncc(Br)c2)CC1. The van der Waals surface area contributed by atoms with Crippen LogP contribution < -0.4 is 0 Å². The highest BCUT2D eigenvalue weighted by molar-refractivity contribution is 9.10. The lowest BCUT2D eigenvalue weighted by Crippen LogP contribution is -2.32. The highest BCUT2D eigenvalue weighted by Gasteiger charge is 2.26. The van der Waals surface area contributed by atoms with Crippen LogP contribution in [0, 0.1) is 5.92 Å². The first-order chi connectivity index (χ1) is 8.50. The first-order valence-electron chi connectivity index (χ1n) is 6.11. The van der Waals surface area contributed by atoms with Crippen LogP contribution >= 0.6 is 15.9 Å². The van der Waals surface area contributed by atoms with E-state index < -0.39 is 10.0 Å². The Balaban J connectivity index is 2.25. The third-order valence-corrected chi connectivity index (χ3v) is 5.59. The molecule has 1 fully saturated rings. The zero-order valence-electron chi connectivity index (χ0n) is 10.3. The van der Waals surface area contributed by atoms with Gasteiger partial charge in [-0.15, -0.1) is 0 Å². The van der Waals surface area contributed by atoms with Gasteiger partial charge in [0.25, 0.3) is 0 Å². The zero-order chi connectivity index (χ0) is 13.2. The Morgan fingerprint density at radius 1 is 1.33 bits per heavy atom. The normalized spacial score (nSPS) is 22.7. The van der Waals surface area contributed by atoms with Gasteiger partial charge in [0.05, 0.1) is 0 Å². The van der Waals surface area contributed by atoms with Crippen LogP contribution in [-0.4, -0.2) is 30.8 Å². The van der Waals surface area contributed by atoms with Gasteiger partial charge in [0.15, 0.2) is 0 Å². The first-order valence-corrected chi connectivity index (χ1v) is 8.34. The summed E-state index contributed by atoms with van der Waals surface area (Å²) in [6, 6.07) is 1.61. The van der Waals surface area contributed by atoms with Crippen LogP contribution in [0.2, 0.25) is 0 Å². The molecule has 1 aliphatic heterocycles. The number of nitrogens with zero attached hydrogens (tertiary/aromatic N) is 2. The minimum absolute atomic E-state index is 0.270. The van der Waals surface area contributed by atoms with Crippen molar-refractivity contribution in [3.05, 3.63) is 22.9 Å². The van der Waals surface area contributed by atoms with Crippen molar-refractivity contribution >= 4 is 26.0 Å². The molecule has 6 heteroatoms. The monoisotopic (exact) mass is 332 g/mol. The molecule has 4 nitrogen and oxygen atoms in total. The molecule has 0 N–H and O–H groups in total. The molecule has 100 valence electrons. The molecule has 1 atom stereocenters. The molecule has 0 aromatic carbocycles. The fraction of sp³-hybridized carbons (Fsp3) is 0.583. The number of rotatable bonds is 2. The van der Waals surface area contributed by atoms with Gasteiger partial charge in [0, 0.05) is 30.0 Å². The predicted molar refractivity (Wildman–Crippen MR) is 73.7 cm³/mol. The molecule has 1 saturated heterocycles. The molecule has 2 heterocycles. The van der Waals surface area contributed by atoms with Gasteiger partial charge in [-0.1, -0.05) is 6.92 Å². The Hall–Kier alpha value is -0.460. The van der Waals surface area contributed by atoms with Crippen molar-refractivity contribution < 1.29 is 8.42 Å². The summed E-state index contributed by atoms with van der Waals surface area (Å²) in [7, 11) is -3.39. The summed E-state index contributed by atoms with van der Waals surface area (Å²) in [4.78, 5) is 4.20. The Bertz CT molecular complexity index is 519. The van der Waals surface area contributed by atoms with E-state index in [0.29, 0.717) is 23.5 Å². The maximum atomic E-state index is 12.5. The lowest BCUT2D eigenvalue weighted by atomic mass is 10.0. The second kappa shape index (κ2) is 5.67. The van der Waals surface area contributed by atoms with Gasteiger partial charge in [0.2, 0.25) is 10.0 Å². The third-order valence-electron chi connectivity index (χ3n) is 3.29. The lowest BCUT2D eigenvalue weighted by molar-refractivity contribution is 0.416. The maximum Gasteiger partial charge on any atom is 0.244 e. The van der Waals surface area contributed by atoms with Gasteiger partial charge in [-0.3, -0.25) is 4.98 Å². The molecular formula is C12H17BrN2O2S. The second-order valence-electron chi connectivity index (χ2n) is 4.78. The van der Waals surface area contributed by atoms with E-state index in [4.69, 9.17) is 0 Å². The number of hydrogen-bond donors (Lipinski definition) is 0. The first kappa shape index (κ1) is 14.0. The standard InChI is InChI=1S/C12H17BrN2O2S/c1-10-3-2-5-15(6-4-10)18(16,17)12-7-11(13)8-14-9-12/h7-10H,2-6H2,1H3/t10-/m1/s1. The molecule has 0 amide bonds. The van der Waals surface area contributed by atoms with E-state index >= 15 is 0 Å². The van der Waals surface area contributed by atoms with Crippen molar-refractivity contribution in [2.45, 2.75) is 31.1 Å². The Morgan fingerprint density at radius 3 is 2.83 bits per heavy atom. The van der Waals surface area contributed by atoms with Gasteiger partial charge < -0.3 is 0 Å². The van der Waals surface area contributed by atoms with Crippen LogP contribution in [0.3, 0.4) is 0 Å². The zero-order valence-corrected chi connectivity index (χ0v) is 12.7. The predicted octanol–water partition coefficient (Wildman–Crippen LogP) is 2.65. The summed E-state index contributed by atoms with van der Waals surface area (Å²) in [6.07, 6.45) is 5.96. The number of sulfonamides is 1. The van der Waals surface area contributed by atoms with Crippen molar-refractivity contribution in [1.29, 1.82) is 0 Å². The number of halogens is 1. The van der Waals surface area contributed by atoms with Gasteiger partial charge in [-0.25, -0.2) is 8.42 Å². The molecule has 0 saturated carbocycles. The van der Waals surface area contributed by atoms with Crippen LogP contribution in [0.4, 0.5) is 0 Å². The van der Waals surface area contributed by atoms with Crippen molar-refractivity contribution in [2.24, 2.45) is 5.92 Å². The summed E-state index contributed by atoms with van der Waals surface area (Å²) in [6.45, 7) is 3.39. The molecule has 0 bridgehead atoms. The fourth-order valence-corrected chi connectivity index (χ4v) is 4.16. The van der Waals surface area contributed by atoms with E-state index in [-0.39, 0.29) is 4.90 Å². The molecule has 2 rings (SSSR count). The molecule has 0 unspecified atom stereocenters. The molecule has 1 aromatic heterocycles. The summed E-state index contributed by atoms with van der Waals surface area (Å²) >= 11 is 3.26. The van der Waals surface area contributed by atoms with Crippen molar-refractivity contribution in [1.82, 2.24) is 9.29 Å². The minimum atomic E-state index is -3.39. The van der Waals surface area contributed by atoms with Gasteiger partial charge in [-0.2, -0.15) is 4.31 Å². The third kappa shape index (κ3) is 3.10. The van der Waals surface area contributed by atoms with Crippen molar-refractivity contribution in [2.75, 3.05) is 13.1 Å². The number of pyridine rings is 1. The van der Waals surface area contributed by atoms with E-state index in [9.17, 15) is 8.42 Å². The summed E-state index contributed by atoms with van der Waals surface area (Å²) in [5.74, 6) is 0.603. The van der Waals surface area contributed by atoms with E-state index in [1.54, 1.807) is 16.6 Å². The largest absolute Gasteiger partial charge is 0.262 e. The van der Waals surface area contributed by atoms with E-state index in [2.05, 4.69) is 27.8 Å². The van der Waals surface area contributed by atoms with Crippen molar-refractivity contribution in [3.63, 3.8) is 0 Å². The Labute approximate surface area is 117 Å². The molecule has 0 spiro atoms. The maximum absolute atomic E-state index is 12.5. The van der Waals surface area contributed by atoms with Gasteiger partial charge >= 0.3 is 0 Å². The van der Waals surface area contributed by atoms with Crippen LogP contribution in [0.25, 0.3) is 0 Å². The minimum Gasteiger partial charge on any atom is -0.262 e. The number of aromatic nitrogens is 1. The average molecular weight is 333 g/mol. The Morgan fingerprint density at radius 2 is 2.11 bits per heavy atom. The molecule has 1 aromatic rings. The molecule has 1 aliphatic rings. The number of hydrogen-bond acceptors (Lipinski definition) is 3.